The molecule has 1 aromatic heterocycles. The molecule has 33 heavy (non-hydrogen) atoms. The Hall–Kier alpha value is -4.34. The van der Waals surface area contributed by atoms with E-state index in [0.29, 0.717) is 23.6 Å². The van der Waals surface area contributed by atoms with Crippen molar-refractivity contribution in [1.82, 2.24) is 25.9 Å². The minimum Gasteiger partial charge on any atom is -0.504 e. The third kappa shape index (κ3) is 6.57. The molecule has 10 heteroatoms. The van der Waals surface area contributed by atoms with Crippen LogP contribution in [0.2, 0.25) is 0 Å². The summed E-state index contributed by atoms with van der Waals surface area (Å²) < 4.78 is 6.88. The third-order valence-electron chi connectivity index (χ3n) is 4.54. The monoisotopic (exact) mass is 451 g/mol. The van der Waals surface area contributed by atoms with Crippen LogP contribution in [0.3, 0.4) is 0 Å². The summed E-state index contributed by atoms with van der Waals surface area (Å²) in [6, 6.07) is 15.5. The minimum absolute atomic E-state index is 0.260. The first-order valence-corrected chi connectivity index (χ1v) is 10.4. The fourth-order valence-corrected chi connectivity index (χ4v) is 2.77. The van der Waals surface area contributed by atoms with Crippen LogP contribution in [0.1, 0.15) is 40.6 Å². The van der Waals surface area contributed by atoms with Gasteiger partial charge < -0.3 is 15.2 Å². The summed E-state index contributed by atoms with van der Waals surface area (Å²) in [7, 11) is 0. The predicted octanol–water partition coefficient (Wildman–Crippen LogP) is 1.95. The van der Waals surface area contributed by atoms with Gasteiger partial charge in [0.2, 0.25) is 0 Å². The number of hydrogen-bond acceptors (Lipinski definition) is 6. The Morgan fingerprint density at radius 2 is 1.73 bits per heavy atom. The lowest BCUT2D eigenvalue weighted by molar-refractivity contribution is -0.120. The van der Waals surface area contributed by atoms with Gasteiger partial charge in [-0.25, -0.2) is 4.68 Å². The molecule has 0 fully saturated rings. The van der Waals surface area contributed by atoms with Crippen molar-refractivity contribution in [2.24, 2.45) is 0 Å². The highest BCUT2D eigenvalue weighted by atomic mass is 16.5. The first-order chi connectivity index (χ1) is 16.0. The van der Waals surface area contributed by atoms with Crippen molar-refractivity contribution < 1.29 is 24.2 Å². The first-order valence-electron chi connectivity index (χ1n) is 10.4. The summed E-state index contributed by atoms with van der Waals surface area (Å²) in [6.45, 7) is 2.32. The number of aromatic hydroxyl groups is 1. The molecule has 2 aromatic carbocycles. The largest absolute Gasteiger partial charge is 0.504 e. The van der Waals surface area contributed by atoms with Gasteiger partial charge >= 0.3 is 0 Å². The average molecular weight is 451 g/mol. The maximum atomic E-state index is 12.2. The van der Waals surface area contributed by atoms with Gasteiger partial charge in [-0.3, -0.25) is 25.2 Å². The van der Waals surface area contributed by atoms with E-state index in [4.69, 9.17) is 4.74 Å². The molecule has 0 spiro atoms. The van der Waals surface area contributed by atoms with E-state index in [9.17, 15) is 19.5 Å². The van der Waals surface area contributed by atoms with Crippen LogP contribution in [0.4, 0.5) is 0 Å². The number of benzene rings is 2. The van der Waals surface area contributed by atoms with E-state index in [0.717, 1.165) is 12.8 Å². The topological polar surface area (TPSA) is 135 Å². The Bertz CT molecular complexity index is 1100. The van der Waals surface area contributed by atoms with Crippen molar-refractivity contribution in [2.45, 2.75) is 19.8 Å². The van der Waals surface area contributed by atoms with E-state index in [1.165, 1.54) is 10.9 Å². The number of rotatable bonds is 9. The number of aromatic nitrogens is 2. The zero-order valence-corrected chi connectivity index (χ0v) is 18.1. The van der Waals surface area contributed by atoms with Crippen molar-refractivity contribution in [1.29, 1.82) is 0 Å². The summed E-state index contributed by atoms with van der Waals surface area (Å²) in [5.74, 6) is -1.59. The van der Waals surface area contributed by atoms with Crippen LogP contribution in [0.25, 0.3) is 5.69 Å². The second-order valence-corrected chi connectivity index (χ2v) is 7.05. The molecule has 0 unspecified atom stereocenters. The lowest BCUT2D eigenvalue weighted by atomic mass is 10.2. The second kappa shape index (κ2) is 11.3. The van der Waals surface area contributed by atoms with Crippen molar-refractivity contribution in [3.63, 3.8) is 0 Å². The molecule has 0 bridgehead atoms. The quantitative estimate of drug-likeness (QED) is 0.290. The Balaban J connectivity index is 1.45. The minimum atomic E-state index is -0.805. The molecular weight excluding hydrogens is 426 g/mol. The molecule has 3 amide bonds. The van der Waals surface area contributed by atoms with Crippen molar-refractivity contribution in [3.05, 3.63) is 72.1 Å². The van der Waals surface area contributed by atoms with Gasteiger partial charge in [0.05, 0.1) is 25.0 Å². The number of nitrogens with zero attached hydrogens (tertiary/aromatic N) is 2. The molecule has 1 heterocycles. The van der Waals surface area contributed by atoms with Crippen LogP contribution in [0, 0.1) is 0 Å². The van der Waals surface area contributed by atoms with E-state index in [1.54, 1.807) is 48.5 Å². The van der Waals surface area contributed by atoms with Gasteiger partial charge in [0.15, 0.2) is 11.4 Å². The number of hydrazine groups is 1. The van der Waals surface area contributed by atoms with Crippen molar-refractivity contribution in [3.8, 4) is 17.2 Å². The number of ether oxygens (including phenoxy) is 1. The van der Waals surface area contributed by atoms with E-state index < -0.39 is 17.7 Å². The Morgan fingerprint density at radius 3 is 2.42 bits per heavy atom. The number of nitrogens with one attached hydrogen (secondary N) is 3. The fourth-order valence-electron chi connectivity index (χ4n) is 2.77. The molecule has 0 aliphatic heterocycles. The van der Waals surface area contributed by atoms with Crippen LogP contribution in [0.5, 0.6) is 11.5 Å². The number of carbonyl (C=O) groups excluding carboxylic acids is 3. The molecule has 3 aromatic rings. The molecule has 4 N–H and O–H groups in total. The van der Waals surface area contributed by atoms with E-state index in [1.807, 2.05) is 6.07 Å². The van der Waals surface area contributed by atoms with Crippen LogP contribution in [-0.2, 0) is 4.79 Å². The van der Waals surface area contributed by atoms with Crippen molar-refractivity contribution >= 4 is 17.7 Å². The summed E-state index contributed by atoms with van der Waals surface area (Å²) >= 11 is 0. The maximum Gasteiger partial charge on any atom is 0.294 e. The maximum absolute atomic E-state index is 12.2. The SMILES string of the molecule is CCCCOc1ccc(C(=O)NCC(=O)NNC(=O)c2nn(-c3ccccc3)cc2O)cc1. The van der Waals surface area contributed by atoms with E-state index >= 15 is 0 Å². The molecule has 3 rings (SSSR count). The highest BCUT2D eigenvalue weighted by Gasteiger charge is 2.18. The summed E-state index contributed by atoms with van der Waals surface area (Å²) in [6.07, 6.45) is 3.26. The molecule has 0 saturated heterocycles. The lowest BCUT2D eigenvalue weighted by Gasteiger charge is -2.09. The number of unbranched alkanes of at least 4 members (excludes halogenated alkanes) is 1. The number of amides is 3. The number of hydrogen-bond donors (Lipinski definition) is 4. The van der Waals surface area contributed by atoms with Gasteiger partial charge in [-0.2, -0.15) is 5.10 Å². The molecule has 0 atom stereocenters. The lowest BCUT2D eigenvalue weighted by Crippen LogP contribution is -2.46. The van der Waals surface area contributed by atoms with E-state index in [2.05, 4.69) is 28.2 Å². The van der Waals surface area contributed by atoms with E-state index in [-0.39, 0.29) is 18.0 Å². The van der Waals surface area contributed by atoms with Gasteiger partial charge in [0.25, 0.3) is 17.7 Å². The first kappa shape index (κ1) is 23.3. The zero-order chi connectivity index (χ0) is 23.6. The number of para-hydroxylation sites is 1. The standard InChI is InChI=1S/C23H25N5O5/c1-2-3-13-33-18-11-9-16(10-12-18)22(31)24-14-20(30)25-26-23(32)21-19(29)15-28(27-21)17-7-5-4-6-8-17/h4-12,15,29H,2-3,13-14H2,1H3,(H,24,31)(H,25,30)(H,26,32). The normalized spacial score (nSPS) is 10.3. The fraction of sp³-hybridized carbons (Fsp3) is 0.217. The highest BCUT2D eigenvalue weighted by molar-refractivity contribution is 5.98. The molecule has 0 aliphatic carbocycles. The Morgan fingerprint density at radius 1 is 1.00 bits per heavy atom. The highest BCUT2D eigenvalue weighted by Crippen LogP contribution is 2.17. The van der Waals surface area contributed by atoms with Crippen molar-refractivity contribution in [2.75, 3.05) is 13.2 Å². The van der Waals surface area contributed by atoms with Gasteiger partial charge in [0.1, 0.15) is 5.75 Å². The molecule has 172 valence electrons. The van der Waals surface area contributed by atoms with Crippen LogP contribution < -0.4 is 20.9 Å². The van der Waals surface area contributed by atoms with Crippen LogP contribution in [0.15, 0.2) is 60.8 Å². The smallest absolute Gasteiger partial charge is 0.294 e. The summed E-state index contributed by atoms with van der Waals surface area (Å²) in [5.41, 5.74) is 5.08. The molecule has 0 radical (unpaired) electrons. The zero-order valence-electron chi connectivity index (χ0n) is 18.1. The van der Waals surface area contributed by atoms with Gasteiger partial charge in [0, 0.05) is 5.56 Å². The Labute approximate surface area is 190 Å². The Kier molecular flexibility index (Phi) is 8.01. The van der Waals surface area contributed by atoms with Gasteiger partial charge in [-0.05, 0) is 42.8 Å². The predicted molar refractivity (Wildman–Crippen MR) is 120 cm³/mol. The molecule has 0 aliphatic rings. The van der Waals surface area contributed by atoms with Crippen LogP contribution in [-0.4, -0.2) is 45.8 Å². The molecular formula is C23H25N5O5. The van der Waals surface area contributed by atoms with Gasteiger partial charge in [-0.15, -0.1) is 0 Å². The summed E-state index contributed by atoms with van der Waals surface area (Å²) in [5, 5.41) is 16.5. The van der Waals surface area contributed by atoms with Crippen LogP contribution >= 0.6 is 0 Å². The van der Waals surface area contributed by atoms with Gasteiger partial charge in [-0.1, -0.05) is 31.5 Å². The summed E-state index contributed by atoms with van der Waals surface area (Å²) in [4.78, 5) is 36.4. The second-order valence-electron chi connectivity index (χ2n) is 7.05. The third-order valence-corrected chi connectivity index (χ3v) is 4.54. The number of carbonyl (C=O) groups is 3. The molecule has 10 nitrogen and oxygen atoms in total. The molecule has 0 saturated carbocycles. The average Bonchev–Trinajstić information content (AvgIpc) is 3.24.